The van der Waals surface area contributed by atoms with E-state index in [9.17, 15) is 14.4 Å². The van der Waals surface area contributed by atoms with Crippen molar-refractivity contribution in [2.45, 2.75) is 33.3 Å². The van der Waals surface area contributed by atoms with Gasteiger partial charge >= 0.3 is 6.09 Å². The van der Waals surface area contributed by atoms with E-state index in [2.05, 4.69) is 20.3 Å². The fourth-order valence-electron chi connectivity index (χ4n) is 3.91. The van der Waals surface area contributed by atoms with E-state index >= 15 is 0 Å². The lowest BCUT2D eigenvalue weighted by molar-refractivity contribution is 0.0136. The van der Waals surface area contributed by atoms with Crippen LogP contribution in [0.1, 0.15) is 47.2 Å². The Kier molecular flexibility index (Phi) is 8.41. The molecule has 0 spiro atoms. The van der Waals surface area contributed by atoms with Crippen molar-refractivity contribution < 1.29 is 19.1 Å². The predicted octanol–water partition coefficient (Wildman–Crippen LogP) is 4.20. The van der Waals surface area contributed by atoms with Crippen LogP contribution < -0.4 is 10.3 Å². The molecule has 0 radical (unpaired) electrons. The van der Waals surface area contributed by atoms with Gasteiger partial charge in [-0.05, 0) is 57.5 Å². The molecule has 0 bridgehead atoms. The van der Waals surface area contributed by atoms with Crippen molar-refractivity contribution in [2.75, 3.05) is 36.5 Å². The first-order valence-electron chi connectivity index (χ1n) is 12.4. The average molecular weight is 552 g/mol. The third-order valence-corrected chi connectivity index (χ3v) is 5.98. The molecule has 0 aliphatic carbocycles. The maximum atomic E-state index is 13.8. The largest absolute Gasteiger partial charge is 0.444 e. The number of piperazine rings is 1. The average Bonchev–Trinajstić information content (AvgIpc) is 2.90. The summed E-state index contributed by atoms with van der Waals surface area (Å²) in [6.45, 7) is 8.53. The molecule has 11 nitrogen and oxygen atoms in total. The van der Waals surface area contributed by atoms with Gasteiger partial charge in [-0.15, -0.1) is 0 Å². The number of hydrogen-bond acceptors (Lipinski definition) is 8. The van der Waals surface area contributed by atoms with Crippen LogP contribution in [-0.2, 0) is 4.74 Å². The minimum Gasteiger partial charge on any atom is -0.444 e. The molecule has 0 saturated carbocycles. The molecule has 3 aromatic rings. The highest BCUT2D eigenvalue weighted by atomic mass is 35.5. The number of aromatic nitrogens is 3. The molecule has 1 aliphatic rings. The van der Waals surface area contributed by atoms with Gasteiger partial charge in [-0.2, -0.15) is 0 Å². The number of rotatable bonds is 5. The SMILES string of the molecule is Cc1ccc(NC(=O)c2cc(Cl)ccc2N(C(=O)c2cnccn2)N2CCN(C(=O)OC(C)(C)C)CC2)nc1. The Labute approximate surface area is 231 Å². The van der Waals surface area contributed by atoms with Crippen LogP contribution in [0.5, 0.6) is 0 Å². The van der Waals surface area contributed by atoms with Gasteiger partial charge in [0.1, 0.15) is 17.1 Å². The number of aryl methyl sites for hydroxylation is 1. The van der Waals surface area contributed by atoms with Crippen LogP contribution in [0, 0.1) is 6.92 Å². The number of carbonyl (C=O) groups excluding carboxylic acids is 3. The van der Waals surface area contributed by atoms with Crippen LogP contribution in [0.15, 0.2) is 55.1 Å². The molecule has 0 atom stereocenters. The lowest BCUT2D eigenvalue weighted by Crippen LogP contribution is -2.57. The molecule has 39 heavy (non-hydrogen) atoms. The van der Waals surface area contributed by atoms with Gasteiger partial charge in [-0.3, -0.25) is 14.6 Å². The summed E-state index contributed by atoms with van der Waals surface area (Å²) in [6, 6.07) is 8.22. The maximum Gasteiger partial charge on any atom is 0.410 e. The quantitative estimate of drug-likeness (QED) is 0.501. The zero-order valence-electron chi connectivity index (χ0n) is 22.2. The van der Waals surface area contributed by atoms with Crippen molar-refractivity contribution >= 4 is 41.0 Å². The summed E-state index contributed by atoms with van der Waals surface area (Å²) in [6.07, 6.45) is 5.47. The second kappa shape index (κ2) is 11.7. The first kappa shape index (κ1) is 27.9. The lowest BCUT2D eigenvalue weighted by atomic mass is 10.1. The number of hydrazine groups is 1. The fraction of sp³-hybridized carbons (Fsp3) is 0.333. The summed E-state index contributed by atoms with van der Waals surface area (Å²) in [7, 11) is 0. The molecule has 4 rings (SSSR count). The van der Waals surface area contributed by atoms with E-state index < -0.39 is 23.5 Å². The highest BCUT2D eigenvalue weighted by Gasteiger charge is 2.34. The highest BCUT2D eigenvalue weighted by Crippen LogP contribution is 2.29. The minimum atomic E-state index is -0.625. The number of pyridine rings is 1. The van der Waals surface area contributed by atoms with Crippen molar-refractivity contribution in [1.29, 1.82) is 0 Å². The molecule has 1 saturated heterocycles. The van der Waals surface area contributed by atoms with Crippen LogP contribution in [0.2, 0.25) is 5.02 Å². The van der Waals surface area contributed by atoms with Gasteiger partial charge in [0.15, 0.2) is 0 Å². The van der Waals surface area contributed by atoms with Crippen LogP contribution in [-0.4, -0.2) is 74.5 Å². The van der Waals surface area contributed by atoms with E-state index in [-0.39, 0.29) is 11.3 Å². The van der Waals surface area contributed by atoms with Gasteiger partial charge in [0.25, 0.3) is 11.8 Å². The Hall–Kier alpha value is -4.09. The van der Waals surface area contributed by atoms with E-state index in [1.807, 2.05) is 33.8 Å². The number of nitrogens with zero attached hydrogens (tertiary/aromatic N) is 6. The molecule has 1 aromatic carbocycles. The monoisotopic (exact) mass is 551 g/mol. The second-order valence-corrected chi connectivity index (χ2v) is 10.4. The summed E-state index contributed by atoms with van der Waals surface area (Å²) in [4.78, 5) is 53.9. The Morgan fingerprint density at radius 2 is 1.74 bits per heavy atom. The molecule has 12 heteroatoms. The number of ether oxygens (including phenoxy) is 1. The first-order chi connectivity index (χ1) is 18.5. The molecule has 1 N–H and O–H groups in total. The van der Waals surface area contributed by atoms with Gasteiger partial charge in [0.2, 0.25) is 0 Å². The smallest absolute Gasteiger partial charge is 0.410 e. The van der Waals surface area contributed by atoms with E-state index in [4.69, 9.17) is 16.3 Å². The zero-order chi connectivity index (χ0) is 28.2. The molecular weight excluding hydrogens is 522 g/mol. The number of hydrogen-bond donors (Lipinski definition) is 1. The van der Waals surface area contributed by atoms with Crippen LogP contribution >= 0.6 is 11.6 Å². The third kappa shape index (κ3) is 7.06. The van der Waals surface area contributed by atoms with Crippen molar-refractivity contribution in [2.24, 2.45) is 0 Å². The summed E-state index contributed by atoms with van der Waals surface area (Å²) in [5, 5.41) is 6.25. The number of amides is 3. The molecule has 204 valence electrons. The number of carbonyl (C=O) groups is 3. The number of nitrogens with one attached hydrogen (secondary N) is 1. The van der Waals surface area contributed by atoms with Crippen molar-refractivity contribution in [1.82, 2.24) is 24.9 Å². The van der Waals surface area contributed by atoms with Gasteiger partial charge in [-0.25, -0.2) is 24.8 Å². The van der Waals surface area contributed by atoms with E-state index in [1.54, 1.807) is 34.3 Å². The maximum absolute atomic E-state index is 13.8. The molecule has 1 aliphatic heterocycles. The second-order valence-electron chi connectivity index (χ2n) is 9.97. The number of benzene rings is 1. The molecular formula is C27H30ClN7O4. The van der Waals surface area contributed by atoms with Gasteiger partial charge in [0.05, 0.1) is 17.4 Å². The Morgan fingerprint density at radius 3 is 2.36 bits per heavy atom. The van der Waals surface area contributed by atoms with Crippen LogP contribution in [0.4, 0.5) is 16.3 Å². The van der Waals surface area contributed by atoms with E-state index in [0.717, 1.165) is 5.56 Å². The van der Waals surface area contributed by atoms with E-state index in [0.29, 0.717) is 42.7 Å². The Morgan fingerprint density at radius 1 is 1.00 bits per heavy atom. The highest BCUT2D eigenvalue weighted by molar-refractivity contribution is 6.31. The summed E-state index contributed by atoms with van der Waals surface area (Å²) >= 11 is 6.29. The molecule has 1 fully saturated rings. The fourth-order valence-corrected chi connectivity index (χ4v) is 4.09. The first-order valence-corrected chi connectivity index (χ1v) is 12.8. The third-order valence-electron chi connectivity index (χ3n) is 5.75. The summed E-state index contributed by atoms with van der Waals surface area (Å²) in [5.41, 5.74) is 0.874. The summed E-state index contributed by atoms with van der Waals surface area (Å²) < 4.78 is 5.50. The van der Waals surface area contributed by atoms with Crippen molar-refractivity contribution in [3.05, 3.63) is 77.0 Å². The van der Waals surface area contributed by atoms with E-state index in [1.165, 1.54) is 29.7 Å². The Bertz CT molecular complexity index is 1340. The normalized spacial score (nSPS) is 14.0. The Balaban J connectivity index is 1.66. The minimum absolute atomic E-state index is 0.0913. The number of anilines is 2. The van der Waals surface area contributed by atoms with Crippen molar-refractivity contribution in [3.63, 3.8) is 0 Å². The summed E-state index contributed by atoms with van der Waals surface area (Å²) in [5.74, 6) is -0.624. The molecule has 3 heterocycles. The van der Waals surface area contributed by atoms with Crippen LogP contribution in [0.3, 0.4) is 0 Å². The lowest BCUT2D eigenvalue weighted by Gasteiger charge is -2.41. The van der Waals surface area contributed by atoms with Gasteiger partial charge in [0, 0.05) is 49.8 Å². The van der Waals surface area contributed by atoms with Gasteiger partial charge < -0.3 is 15.0 Å². The van der Waals surface area contributed by atoms with Crippen molar-refractivity contribution in [3.8, 4) is 0 Å². The molecule has 0 unspecified atom stereocenters. The molecule has 2 aromatic heterocycles. The molecule has 3 amide bonds. The topological polar surface area (TPSA) is 121 Å². The van der Waals surface area contributed by atoms with Crippen LogP contribution in [0.25, 0.3) is 0 Å². The zero-order valence-corrected chi connectivity index (χ0v) is 23.0. The predicted molar refractivity (Wildman–Crippen MR) is 147 cm³/mol. The van der Waals surface area contributed by atoms with Gasteiger partial charge in [-0.1, -0.05) is 17.7 Å². The number of halogens is 1. The standard InChI is InChI=1S/C27H30ClN7O4/c1-18-5-8-23(31-16-18)32-24(36)20-15-19(28)6-7-22(20)35(25(37)21-17-29-9-10-30-21)34-13-11-33(12-14-34)26(38)39-27(2,3)4/h5-10,15-17H,11-14H2,1-4H3,(H,31,32,36).